The highest BCUT2D eigenvalue weighted by atomic mass is 35.5. The number of piperidine rings is 1. The molecule has 0 bridgehead atoms. The number of nitrogens with one attached hydrogen (secondary N) is 2. The van der Waals surface area contributed by atoms with Crippen LogP contribution in [0, 0.1) is 5.82 Å². The molecule has 0 aliphatic carbocycles. The van der Waals surface area contributed by atoms with Gasteiger partial charge in [-0.1, -0.05) is 6.07 Å². The van der Waals surface area contributed by atoms with E-state index in [0.717, 1.165) is 12.3 Å². The van der Waals surface area contributed by atoms with E-state index in [-0.39, 0.29) is 30.9 Å². The topological polar surface area (TPSA) is 75.3 Å². The van der Waals surface area contributed by atoms with Crippen LogP contribution in [0.2, 0.25) is 0 Å². The minimum atomic E-state index is -3.56. The highest BCUT2D eigenvalue weighted by Crippen LogP contribution is 2.29. The minimum Gasteiger partial charge on any atom is -0.325 e. The Bertz CT molecular complexity index is 616. The second-order valence-electron chi connectivity index (χ2n) is 4.98. The number of anilines is 1. The van der Waals surface area contributed by atoms with Gasteiger partial charge >= 0.3 is 0 Å². The number of carbonyl (C=O) groups is 1. The van der Waals surface area contributed by atoms with E-state index in [1.807, 2.05) is 0 Å². The van der Waals surface area contributed by atoms with Crippen LogP contribution < -0.4 is 10.6 Å². The average molecular weight is 337 g/mol. The van der Waals surface area contributed by atoms with Gasteiger partial charge in [-0.15, -0.1) is 12.4 Å². The highest BCUT2D eigenvalue weighted by Gasteiger charge is 2.48. The maximum absolute atomic E-state index is 13.1. The smallest absolute Gasteiger partial charge is 0.245 e. The van der Waals surface area contributed by atoms with Crippen LogP contribution in [0.25, 0.3) is 0 Å². The fraction of sp³-hybridized carbons (Fsp3) is 0.462. The van der Waals surface area contributed by atoms with Gasteiger partial charge in [0.25, 0.3) is 0 Å². The predicted octanol–water partition coefficient (Wildman–Crippen LogP) is 1.35. The van der Waals surface area contributed by atoms with Crippen LogP contribution in [-0.4, -0.2) is 38.4 Å². The van der Waals surface area contributed by atoms with Gasteiger partial charge in [-0.25, -0.2) is 12.8 Å². The van der Waals surface area contributed by atoms with Crippen LogP contribution in [-0.2, 0) is 14.6 Å². The Labute approximate surface area is 129 Å². The number of amides is 1. The first-order chi connectivity index (χ1) is 9.35. The third kappa shape index (κ3) is 3.72. The van der Waals surface area contributed by atoms with E-state index in [0.29, 0.717) is 13.1 Å². The van der Waals surface area contributed by atoms with Crippen molar-refractivity contribution in [3.8, 4) is 0 Å². The largest absolute Gasteiger partial charge is 0.325 e. The summed E-state index contributed by atoms with van der Waals surface area (Å²) in [6, 6.07) is 5.40. The van der Waals surface area contributed by atoms with Gasteiger partial charge < -0.3 is 10.6 Å². The first-order valence-electron chi connectivity index (χ1n) is 6.32. The minimum absolute atomic E-state index is 0. The number of halogens is 2. The molecule has 0 unspecified atom stereocenters. The van der Waals surface area contributed by atoms with Crippen LogP contribution in [0.3, 0.4) is 0 Å². The summed E-state index contributed by atoms with van der Waals surface area (Å²) < 4.78 is 35.8. The number of carbonyl (C=O) groups excluding carboxylic acids is 1. The predicted molar refractivity (Wildman–Crippen MR) is 82.0 cm³/mol. The molecule has 0 aromatic heterocycles. The zero-order valence-electron chi connectivity index (χ0n) is 11.6. The van der Waals surface area contributed by atoms with E-state index in [1.165, 1.54) is 18.2 Å². The molecule has 2 N–H and O–H groups in total. The van der Waals surface area contributed by atoms with Gasteiger partial charge in [-0.05, 0) is 44.1 Å². The molecular weight excluding hydrogens is 319 g/mol. The van der Waals surface area contributed by atoms with Crippen molar-refractivity contribution in [2.75, 3.05) is 24.7 Å². The monoisotopic (exact) mass is 336 g/mol. The number of sulfone groups is 1. The summed E-state index contributed by atoms with van der Waals surface area (Å²) in [7, 11) is -3.56. The Morgan fingerprint density at radius 3 is 2.48 bits per heavy atom. The standard InChI is InChI=1S/C13H17FN2O3S.ClH/c1-20(18,19)13(5-7-15-8-6-13)12(17)16-11-4-2-3-10(14)9-11;/h2-4,9,15H,5-8H2,1H3,(H,16,17);1H. The Morgan fingerprint density at radius 1 is 1.33 bits per heavy atom. The second kappa shape index (κ2) is 6.72. The SMILES string of the molecule is CS(=O)(=O)C1(C(=O)Nc2cccc(F)c2)CCNCC1.Cl. The highest BCUT2D eigenvalue weighted by molar-refractivity contribution is 7.92. The zero-order chi connectivity index (χ0) is 14.8. The molecule has 0 atom stereocenters. The lowest BCUT2D eigenvalue weighted by Crippen LogP contribution is -2.55. The molecule has 0 saturated carbocycles. The first-order valence-corrected chi connectivity index (χ1v) is 8.22. The molecular formula is C13H18ClFN2O3S. The fourth-order valence-corrected chi connectivity index (χ4v) is 3.74. The van der Waals surface area contributed by atoms with Crippen LogP contribution in [0.5, 0.6) is 0 Å². The third-order valence-corrected chi connectivity index (χ3v) is 5.63. The lowest BCUT2D eigenvalue weighted by atomic mass is 9.95. The Hall–Kier alpha value is -1.18. The Balaban J connectivity index is 0.00000220. The van der Waals surface area contributed by atoms with E-state index in [4.69, 9.17) is 0 Å². The van der Waals surface area contributed by atoms with Crippen LogP contribution in [0.15, 0.2) is 24.3 Å². The summed E-state index contributed by atoms with van der Waals surface area (Å²) in [5.74, 6) is -1.08. The van der Waals surface area contributed by atoms with Gasteiger partial charge in [-0.3, -0.25) is 4.79 Å². The molecule has 0 spiro atoms. The maximum Gasteiger partial charge on any atom is 0.245 e. The molecule has 0 radical (unpaired) electrons. The van der Waals surface area contributed by atoms with Crippen LogP contribution in [0.4, 0.5) is 10.1 Å². The number of benzene rings is 1. The molecule has 1 aliphatic heterocycles. The van der Waals surface area contributed by atoms with E-state index < -0.39 is 26.3 Å². The van der Waals surface area contributed by atoms with E-state index in [1.54, 1.807) is 0 Å². The lowest BCUT2D eigenvalue weighted by Gasteiger charge is -2.34. The molecule has 5 nitrogen and oxygen atoms in total. The summed E-state index contributed by atoms with van der Waals surface area (Å²) in [4.78, 5) is 12.4. The quantitative estimate of drug-likeness (QED) is 0.873. The van der Waals surface area contributed by atoms with Crippen molar-refractivity contribution in [3.63, 3.8) is 0 Å². The summed E-state index contributed by atoms with van der Waals surface area (Å²) in [5.41, 5.74) is 0.261. The fourth-order valence-electron chi connectivity index (χ4n) is 2.41. The van der Waals surface area contributed by atoms with Gasteiger partial charge in [0.15, 0.2) is 14.6 Å². The molecule has 8 heteroatoms. The second-order valence-corrected chi connectivity index (χ2v) is 7.31. The summed E-state index contributed by atoms with van der Waals surface area (Å²) >= 11 is 0. The van der Waals surface area contributed by atoms with Crippen molar-refractivity contribution in [2.24, 2.45) is 0 Å². The maximum atomic E-state index is 13.1. The molecule has 1 fully saturated rings. The number of hydrogen-bond donors (Lipinski definition) is 2. The molecule has 21 heavy (non-hydrogen) atoms. The average Bonchev–Trinajstić information content (AvgIpc) is 2.38. The number of hydrogen-bond acceptors (Lipinski definition) is 4. The van der Waals surface area contributed by atoms with Gasteiger partial charge in [0.05, 0.1) is 0 Å². The van der Waals surface area contributed by atoms with Crippen LogP contribution in [0.1, 0.15) is 12.8 Å². The molecule has 1 aliphatic rings. The van der Waals surface area contributed by atoms with Crippen molar-refractivity contribution in [1.29, 1.82) is 0 Å². The molecule has 118 valence electrons. The summed E-state index contributed by atoms with van der Waals surface area (Å²) in [6.45, 7) is 0.924. The third-order valence-electron chi connectivity index (χ3n) is 3.62. The number of rotatable bonds is 3. The normalized spacial score (nSPS) is 17.6. The zero-order valence-corrected chi connectivity index (χ0v) is 13.2. The Morgan fingerprint density at radius 2 is 1.95 bits per heavy atom. The Kier molecular flexibility index (Phi) is 5.72. The van der Waals surface area contributed by atoms with Crippen molar-refractivity contribution < 1.29 is 17.6 Å². The summed E-state index contributed by atoms with van der Waals surface area (Å²) in [5, 5.41) is 5.55. The van der Waals surface area contributed by atoms with Crippen molar-refractivity contribution >= 4 is 33.8 Å². The molecule has 1 aromatic rings. The van der Waals surface area contributed by atoms with E-state index >= 15 is 0 Å². The van der Waals surface area contributed by atoms with Gasteiger partial charge in [0, 0.05) is 11.9 Å². The lowest BCUT2D eigenvalue weighted by molar-refractivity contribution is -0.119. The molecule has 1 amide bonds. The molecule has 1 heterocycles. The van der Waals surface area contributed by atoms with Crippen molar-refractivity contribution in [1.82, 2.24) is 5.32 Å². The van der Waals surface area contributed by atoms with Gasteiger partial charge in [0.2, 0.25) is 5.91 Å². The molecule has 1 saturated heterocycles. The van der Waals surface area contributed by atoms with E-state index in [2.05, 4.69) is 10.6 Å². The molecule has 2 rings (SSSR count). The molecule has 1 aromatic carbocycles. The van der Waals surface area contributed by atoms with Crippen LogP contribution >= 0.6 is 12.4 Å². The van der Waals surface area contributed by atoms with Crippen molar-refractivity contribution in [2.45, 2.75) is 17.6 Å². The van der Waals surface area contributed by atoms with Gasteiger partial charge in [-0.2, -0.15) is 0 Å². The van der Waals surface area contributed by atoms with Gasteiger partial charge in [0.1, 0.15) is 5.82 Å². The van der Waals surface area contributed by atoms with E-state index in [9.17, 15) is 17.6 Å². The summed E-state index contributed by atoms with van der Waals surface area (Å²) in [6.07, 6.45) is 1.50. The van der Waals surface area contributed by atoms with Crippen molar-refractivity contribution in [3.05, 3.63) is 30.1 Å². The first kappa shape index (κ1) is 17.9.